The molecule has 1 saturated heterocycles. The molecular formula is C21H32N2O3S. The van der Waals surface area contributed by atoms with Gasteiger partial charge in [-0.3, -0.25) is 0 Å². The lowest BCUT2D eigenvalue weighted by Gasteiger charge is -2.35. The van der Waals surface area contributed by atoms with Gasteiger partial charge >= 0.3 is 5.97 Å². The maximum atomic E-state index is 11.4. The number of rotatable bonds is 6. The number of benzene rings is 1. The van der Waals surface area contributed by atoms with E-state index in [-0.39, 0.29) is 16.5 Å². The molecule has 1 aromatic rings. The molecule has 2 N–H and O–H groups in total. The Bertz CT molecular complexity index is 665. The second-order valence-corrected chi connectivity index (χ2v) is 8.32. The number of carbonyl (C=O) groups is 1. The minimum atomic E-state index is -0.934. The van der Waals surface area contributed by atoms with Crippen molar-refractivity contribution >= 4 is 23.4 Å². The van der Waals surface area contributed by atoms with E-state index in [0.29, 0.717) is 5.75 Å². The Morgan fingerprint density at radius 3 is 2.78 bits per heavy atom. The van der Waals surface area contributed by atoms with Crippen molar-refractivity contribution < 1.29 is 14.6 Å². The molecule has 1 heterocycles. The molecule has 1 aliphatic heterocycles. The van der Waals surface area contributed by atoms with Gasteiger partial charge in [0.1, 0.15) is 11.8 Å². The van der Waals surface area contributed by atoms with Crippen molar-refractivity contribution in [3.8, 4) is 5.75 Å². The molecule has 2 atom stereocenters. The summed E-state index contributed by atoms with van der Waals surface area (Å²) in [6, 6.07) is 7.32. The Morgan fingerprint density at radius 1 is 1.41 bits per heavy atom. The first-order chi connectivity index (χ1) is 12.8. The molecule has 1 aliphatic rings. The molecule has 1 unspecified atom stereocenters. The number of carboxylic acids is 1. The molecule has 150 valence electrons. The molecule has 0 amide bonds. The van der Waals surface area contributed by atoms with E-state index in [1.165, 1.54) is 18.4 Å². The average Bonchev–Trinajstić information content (AvgIpc) is 2.81. The molecule has 6 heteroatoms. The summed E-state index contributed by atoms with van der Waals surface area (Å²) in [5.41, 5.74) is 1.37. The molecule has 0 aliphatic carbocycles. The molecule has 0 aromatic heterocycles. The zero-order chi connectivity index (χ0) is 20.0. The van der Waals surface area contributed by atoms with Gasteiger partial charge in [-0.15, -0.1) is 0 Å². The van der Waals surface area contributed by atoms with Gasteiger partial charge in [0.2, 0.25) is 0 Å². The molecule has 1 fully saturated rings. The Morgan fingerprint density at radius 2 is 2.15 bits per heavy atom. The third-order valence-electron chi connectivity index (χ3n) is 5.56. The fourth-order valence-electron chi connectivity index (χ4n) is 3.91. The standard InChI is InChI=1S/C21H32N2O3S/c1-5-21(11-6-7-12-23(4)14-21)16-9-8-10-17(13-16)26-20(27)22-18(15(2)3)19(24)25/h8-10,13,15,18H,5-7,11-12,14H2,1-4H3,(H,22,27)(H,24,25)/t18-,21?/m0/s1. The lowest BCUT2D eigenvalue weighted by Crippen LogP contribution is -2.45. The maximum absolute atomic E-state index is 11.4. The number of nitrogens with zero attached hydrogens (tertiary/aromatic N) is 1. The summed E-state index contributed by atoms with van der Waals surface area (Å²) in [5, 5.41) is 12.2. The SMILES string of the molecule is CCC1(c2cccc(OC(=S)N[C@H](C(=O)O)C(C)C)c2)CCCCN(C)C1. The monoisotopic (exact) mass is 392 g/mol. The van der Waals surface area contributed by atoms with Gasteiger partial charge < -0.3 is 20.1 Å². The molecule has 0 spiro atoms. The van der Waals surface area contributed by atoms with E-state index in [9.17, 15) is 9.90 Å². The summed E-state index contributed by atoms with van der Waals surface area (Å²) in [7, 11) is 2.19. The van der Waals surface area contributed by atoms with E-state index in [4.69, 9.17) is 17.0 Å². The van der Waals surface area contributed by atoms with Crippen molar-refractivity contribution in [2.24, 2.45) is 5.92 Å². The first-order valence-electron chi connectivity index (χ1n) is 9.77. The third-order valence-corrected chi connectivity index (χ3v) is 5.76. The molecule has 1 aromatic carbocycles. The third kappa shape index (κ3) is 5.66. The van der Waals surface area contributed by atoms with Crippen LogP contribution in [0.3, 0.4) is 0 Å². The van der Waals surface area contributed by atoms with Gasteiger partial charge in [-0.25, -0.2) is 4.79 Å². The van der Waals surface area contributed by atoms with Crippen molar-refractivity contribution in [3.63, 3.8) is 0 Å². The zero-order valence-corrected chi connectivity index (χ0v) is 17.6. The number of likely N-dealkylation sites (tertiary alicyclic amines) is 1. The molecule has 0 bridgehead atoms. The van der Waals surface area contributed by atoms with Crippen molar-refractivity contribution in [1.29, 1.82) is 0 Å². The van der Waals surface area contributed by atoms with E-state index in [1.54, 1.807) is 0 Å². The lowest BCUT2D eigenvalue weighted by atomic mass is 9.74. The van der Waals surface area contributed by atoms with Crippen LogP contribution in [0.25, 0.3) is 0 Å². The second-order valence-electron chi connectivity index (χ2n) is 7.95. The van der Waals surface area contributed by atoms with Crippen molar-refractivity contribution in [2.75, 3.05) is 20.1 Å². The second kappa shape index (κ2) is 9.51. The summed E-state index contributed by atoms with van der Waals surface area (Å²) in [6.07, 6.45) is 4.68. The first kappa shape index (κ1) is 21.6. The predicted octanol–water partition coefficient (Wildman–Crippen LogP) is 3.81. The number of ether oxygens (including phenoxy) is 1. The number of nitrogens with one attached hydrogen (secondary N) is 1. The minimum absolute atomic E-state index is 0.0942. The Balaban J connectivity index is 2.16. The summed E-state index contributed by atoms with van der Waals surface area (Å²) in [4.78, 5) is 13.8. The number of likely N-dealkylation sites (N-methyl/N-ethyl adjacent to an activating group) is 1. The number of thiocarbonyl (C=S) groups is 1. The van der Waals surface area contributed by atoms with E-state index >= 15 is 0 Å². The topological polar surface area (TPSA) is 61.8 Å². The van der Waals surface area contributed by atoms with Crippen LogP contribution in [0.5, 0.6) is 5.75 Å². The smallest absolute Gasteiger partial charge is 0.326 e. The van der Waals surface area contributed by atoms with E-state index in [0.717, 1.165) is 25.9 Å². The number of hydrogen-bond donors (Lipinski definition) is 2. The summed E-state index contributed by atoms with van der Waals surface area (Å²) >= 11 is 5.24. The molecule has 0 radical (unpaired) electrons. The van der Waals surface area contributed by atoms with Crippen molar-refractivity contribution in [1.82, 2.24) is 10.2 Å². The van der Waals surface area contributed by atoms with E-state index < -0.39 is 12.0 Å². The van der Waals surface area contributed by atoms with Crippen molar-refractivity contribution in [2.45, 2.75) is 57.9 Å². The lowest BCUT2D eigenvalue weighted by molar-refractivity contribution is -0.140. The highest BCUT2D eigenvalue weighted by Gasteiger charge is 2.33. The predicted molar refractivity (Wildman–Crippen MR) is 112 cm³/mol. The van der Waals surface area contributed by atoms with Crippen LogP contribution >= 0.6 is 12.2 Å². The molecule has 5 nitrogen and oxygen atoms in total. The normalized spacial score (nSPS) is 22.1. The Kier molecular flexibility index (Phi) is 7.62. The highest BCUT2D eigenvalue weighted by molar-refractivity contribution is 7.80. The van der Waals surface area contributed by atoms with E-state index in [1.807, 2.05) is 26.0 Å². The van der Waals surface area contributed by atoms with Gasteiger partial charge in [-0.05, 0) is 68.7 Å². The van der Waals surface area contributed by atoms with Crippen LogP contribution in [0.4, 0.5) is 0 Å². The van der Waals surface area contributed by atoms with Crippen molar-refractivity contribution in [3.05, 3.63) is 29.8 Å². The summed E-state index contributed by atoms with van der Waals surface area (Å²) in [5.74, 6) is -0.381. The van der Waals surface area contributed by atoms with E-state index in [2.05, 4.69) is 36.3 Å². The highest BCUT2D eigenvalue weighted by Crippen LogP contribution is 2.37. The minimum Gasteiger partial charge on any atom is -0.480 e. The first-order valence-corrected chi connectivity index (χ1v) is 10.2. The fraction of sp³-hybridized carbons (Fsp3) is 0.619. The largest absolute Gasteiger partial charge is 0.480 e. The Labute approximate surface area is 168 Å². The van der Waals surface area contributed by atoms with Crippen LogP contribution in [-0.4, -0.2) is 47.3 Å². The molecule has 2 rings (SSSR count). The summed E-state index contributed by atoms with van der Waals surface area (Å²) < 4.78 is 5.77. The average molecular weight is 393 g/mol. The quantitative estimate of drug-likeness (QED) is 0.718. The van der Waals surface area contributed by atoms with Crippen LogP contribution in [0.1, 0.15) is 52.0 Å². The maximum Gasteiger partial charge on any atom is 0.326 e. The van der Waals surface area contributed by atoms with Crippen LogP contribution in [0.15, 0.2) is 24.3 Å². The van der Waals surface area contributed by atoms with Gasteiger partial charge in [-0.1, -0.05) is 39.3 Å². The summed E-state index contributed by atoms with van der Waals surface area (Å²) in [6.45, 7) is 8.09. The molecule has 0 saturated carbocycles. The van der Waals surface area contributed by atoms with Crippen LogP contribution < -0.4 is 10.1 Å². The number of aliphatic carboxylic acids is 1. The van der Waals surface area contributed by atoms with Gasteiger partial charge in [0.15, 0.2) is 0 Å². The Hall–Kier alpha value is -1.66. The number of carboxylic acid groups (broad SMARTS) is 1. The van der Waals surface area contributed by atoms with Crippen LogP contribution in [-0.2, 0) is 10.2 Å². The molecular weight excluding hydrogens is 360 g/mol. The molecule has 27 heavy (non-hydrogen) atoms. The van der Waals surface area contributed by atoms with Crippen LogP contribution in [0.2, 0.25) is 0 Å². The van der Waals surface area contributed by atoms with Gasteiger partial charge in [0.05, 0.1) is 0 Å². The van der Waals surface area contributed by atoms with Gasteiger partial charge in [0, 0.05) is 12.0 Å². The highest BCUT2D eigenvalue weighted by atomic mass is 32.1. The van der Waals surface area contributed by atoms with Gasteiger partial charge in [0.25, 0.3) is 5.17 Å². The number of hydrogen-bond acceptors (Lipinski definition) is 4. The fourth-order valence-corrected chi connectivity index (χ4v) is 4.14. The zero-order valence-electron chi connectivity index (χ0n) is 16.8. The van der Waals surface area contributed by atoms with Crippen LogP contribution in [0, 0.1) is 5.92 Å². The van der Waals surface area contributed by atoms with Gasteiger partial charge in [-0.2, -0.15) is 0 Å².